The first-order chi connectivity index (χ1) is 10.1. The second-order valence-corrected chi connectivity index (χ2v) is 6.59. The van der Waals surface area contributed by atoms with Crippen LogP contribution in [0.25, 0.3) is 0 Å². The number of nitrogens with one attached hydrogen (secondary N) is 1. The zero-order valence-electron chi connectivity index (χ0n) is 14.3. The third-order valence-corrected chi connectivity index (χ3v) is 4.36. The van der Waals surface area contributed by atoms with E-state index in [1.54, 1.807) is 0 Å². The molecule has 2 atom stereocenters. The van der Waals surface area contributed by atoms with Gasteiger partial charge in [0, 0.05) is 6.54 Å². The maximum absolute atomic E-state index is 5.62. The number of hydrogen-bond acceptors (Lipinski definition) is 2. The van der Waals surface area contributed by atoms with Crippen molar-refractivity contribution >= 4 is 0 Å². The van der Waals surface area contributed by atoms with Crippen molar-refractivity contribution in [3.05, 3.63) is 35.9 Å². The van der Waals surface area contributed by atoms with Crippen LogP contribution >= 0.6 is 0 Å². The Kier molecular flexibility index (Phi) is 9.36. The molecule has 2 nitrogen and oxygen atoms in total. The van der Waals surface area contributed by atoms with Crippen molar-refractivity contribution in [1.29, 1.82) is 0 Å². The van der Waals surface area contributed by atoms with Crippen LogP contribution in [0.4, 0.5) is 0 Å². The van der Waals surface area contributed by atoms with Crippen LogP contribution < -0.4 is 5.48 Å². The molecular weight excluding hydrogens is 258 g/mol. The molecule has 1 aromatic carbocycles. The largest absolute Gasteiger partial charge is 0.297 e. The number of hydrogen-bond donors (Lipinski definition) is 1. The van der Waals surface area contributed by atoms with Crippen molar-refractivity contribution in [2.45, 2.75) is 60.0 Å². The van der Waals surface area contributed by atoms with Crippen molar-refractivity contribution < 1.29 is 4.84 Å². The predicted octanol–water partition coefficient (Wildman–Crippen LogP) is 5.20. The van der Waals surface area contributed by atoms with Crippen molar-refractivity contribution in [3.63, 3.8) is 0 Å². The van der Waals surface area contributed by atoms with Gasteiger partial charge in [0.1, 0.15) is 0 Å². The normalized spacial score (nSPS) is 14.3. The summed E-state index contributed by atoms with van der Waals surface area (Å²) in [7, 11) is 0. The predicted molar refractivity (Wildman–Crippen MR) is 90.9 cm³/mol. The number of unbranched alkanes of at least 4 members (excludes halogenated alkanes) is 1. The standard InChI is InChI=1S/C19H33NO/c1-5-6-10-19(13-17(4)16(2)3)14-20-21-15-18-11-8-7-9-12-18/h7-9,11-12,16-17,19-20H,5-6,10,13-15H2,1-4H3/t17?,19-/m0/s1. The molecule has 1 rings (SSSR count). The van der Waals surface area contributed by atoms with E-state index in [1.165, 1.54) is 31.2 Å². The van der Waals surface area contributed by atoms with E-state index in [1.807, 2.05) is 18.2 Å². The van der Waals surface area contributed by atoms with Gasteiger partial charge in [-0.3, -0.25) is 4.84 Å². The van der Waals surface area contributed by atoms with Gasteiger partial charge in [-0.15, -0.1) is 0 Å². The Hall–Kier alpha value is -0.860. The van der Waals surface area contributed by atoms with Gasteiger partial charge in [0.25, 0.3) is 0 Å². The van der Waals surface area contributed by atoms with Crippen LogP contribution in [-0.4, -0.2) is 6.54 Å². The van der Waals surface area contributed by atoms with E-state index in [0.29, 0.717) is 6.61 Å². The van der Waals surface area contributed by atoms with E-state index in [9.17, 15) is 0 Å². The summed E-state index contributed by atoms with van der Waals surface area (Å²) in [6, 6.07) is 10.3. The molecule has 0 amide bonds. The van der Waals surface area contributed by atoms with Gasteiger partial charge in [0.15, 0.2) is 0 Å². The van der Waals surface area contributed by atoms with Crippen molar-refractivity contribution in [3.8, 4) is 0 Å². The van der Waals surface area contributed by atoms with Crippen LogP contribution in [-0.2, 0) is 11.4 Å². The SMILES string of the molecule is CCCC[C@H](CNOCc1ccccc1)CC(C)C(C)C. The van der Waals surface area contributed by atoms with Gasteiger partial charge in [-0.05, 0) is 36.2 Å². The van der Waals surface area contributed by atoms with Gasteiger partial charge in [-0.25, -0.2) is 5.48 Å². The first kappa shape index (κ1) is 18.2. The summed E-state index contributed by atoms with van der Waals surface area (Å²) in [5, 5.41) is 0. The highest BCUT2D eigenvalue weighted by atomic mass is 16.6. The zero-order chi connectivity index (χ0) is 15.5. The minimum absolute atomic E-state index is 0.640. The zero-order valence-corrected chi connectivity index (χ0v) is 14.3. The lowest BCUT2D eigenvalue weighted by Gasteiger charge is -2.23. The molecule has 0 aliphatic heterocycles. The van der Waals surface area contributed by atoms with Crippen LogP contribution in [0.15, 0.2) is 30.3 Å². The molecule has 1 aromatic rings. The van der Waals surface area contributed by atoms with E-state index < -0.39 is 0 Å². The van der Waals surface area contributed by atoms with Gasteiger partial charge < -0.3 is 0 Å². The maximum Gasteiger partial charge on any atom is 0.0933 e. The van der Waals surface area contributed by atoms with E-state index in [0.717, 1.165) is 24.3 Å². The molecule has 1 unspecified atom stereocenters. The van der Waals surface area contributed by atoms with Crippen LogP contribution in [0.1, 0.15) is 58.9 Å². The van der Waals surface area contributed by atoms with Crippen molar-refractivity contribution in [2.24, 2.45) is 17.8 Å². The van der Waals surface area contributed by atoms with E-state index in [2.05, 4.69) is 45.3 Å². The summed E-state index contributed by atoms with van der Waals surface area (Å²) in [5.74, 6) is 2.26. The van der Waals surface area contributed by atoms with E-state index >= 15 is 0 Å². The molecule has 21 heavy (non-hydrogen) atoms. The number of benzene rings is 1. The summed E-state index contributed by atoms with van der Waals surface area (Å²) >= 11 is 0. The average molecular weight is 291 g/mol. The molecule has 0 saturated heterocycles. The maximum atomic E-state index is 5.62. The Bertz CT molecular complexity index is 350. The third kappa shape index (κ3) is 8.23. The Morgan fingerprint density at radius 3 is 2.43 bits per heavy atom. The molecule has 0 saturated carbocycles. The van der Waals surface area contributed by atoms with E-state index in [-0.39, 0.29) is 0 Å². The molecule has 0 aliphatic carbocycles. The molecule has 0 bridgehead atoms. The number of rotatable bonds is 11. The molecule has 0 fully saturated rings. The Morgan fingerprint density at radius 2 is 1.81 bits per heavy atom. The monoisotopic (exact) mass is 291 g/mol. The Balaban J connectivity index is 2.28. The second kappa shape index (κ2) is 10.8. The third-order valence-electron chi connectivity index (χ3n) is 4.36. The van der Waals surface area contributed by atoms with Crippen molar-refractivity contribution in [1.82, 2.24) is 5.48 Å². The minimum Gasteiger partial charge on any atom is -0.297 e. The highest BCUT2D eigenvalue weighted by Crippen LogP contribution is 2.23. The molecule has 0 aromatic heterocycles. The Labute approximate surface area is 131 Å². The summed E-state index contributed by atoms with van der Waals surface area (Å²) in [4.78, 5) is 5.62. The smallest absolute Gasteiger partial charge is 0.0933 e. The summed E-state index contributed by atoms with van der Waals surface area (Å²) in [6.07, 6.45) is 5.18. The lowest BCUT2D eigenvalue weighted by atomic mass is 9.85. The van der Waals surface area contributed by atoms with Gasteiger partial charge in [-0.2, -0.15) is 0 Å². The van der Waals surface area contributed by atoms with Crippen LogP contribution in [0, 0.1) is 17.8 Å². The van der Waals surface area contributed by atoms with Gasteiger partial charge in [0.2, 0.25) is 0 Å². The molecule has 0 spiro atoms. The fourth-order valence-electron chi connectivity index (χ4n) is 2.48. The lowest BCUT2D eigenvalue weighted by Crippen LogP contribution is -2.25. The van der Waals surface area contributed by atoms with Crippen LogP contribution in [0.3, 0.4) is 0 Å². The van der Waals surface area contributed by atoms with Gasteiger partial charge in [0.05, 0.1) is 6.61 Å². The number of hydroxylamine groups is 1. The van der Waals surface area contributed by atoms with Crippen molar-refractivity contribution in [2.75, 3.05) is 6.54 Å². The first-order valence-corrected chi connectivity index (χ1v) is 8.52. The van der Waals surface area contributed by atoms with Crippen LogP contribution in [0.2, 0.25) is 0 Å². The lowest BCUT2D eigenvalue weighted by molar-refractivity contribution is 0.0162. The van der Waals surface area contributed by atoms with E-state index in [4.69, 9.17) is 4.84 Å². The fourth-order valence-corrected chi connectivity index (χ4v) is 2.48. The molecule has 0 radical (unpaired) electrons. The fraction of sp³-hybridized carbons (Fsp3) is 0.684. The topological polar surface area (TPSA) is 21.3 Å². The molecule has 2 heteroatoms. The average Bonchev–Trinajstić information content (AvgIpc) is 2.49. The van der Waals surface area contributed by atoms with Gasteiger partial charge in [-0.1, -0.05) is 70.9 Å². The first-order valence-electron chi connectivity index (χ1n) is 8.52. The summed E-state index contributed by atoms with van der Waals surface area (Å²) in [5.41, 5.74) is 4.40. The molecule has 0 aliphatic rings. The molecule has 120 valence electrons. The second-order valence-electron chi connectivity index (χ2n) is 6.59. The quantitative estimate of drug-likeness (QED) is 0.447. The highest BCUT2D eigenvalue weighted by Gasteiger charge is 2.15. The molecular formula is C19H33NO. The summed E-state index contributed by atoms with van der Waals surface area (Å²) < 4.78 is 0. The molecule has 0 heterocycles. The van der Waals surface area contributed by atoms with Gasteiger partial charge >= 0.3 is 0 Å². The molecule has 1 N–H and O–H groups in total. The Morgan fingerprint density at radius 1 is 1.10 bits per heavy atom. The minimum atomic E-state index is 0.640. The van der Waals surface area contributed by atoms with Crippen LogP contribution in [0.5, 0.6) is 0 Å². The highest BCUT2D eigenvalue weighted by molar-refractivity contribution is 5.13. The summed E-state index contributed by atoms with van der Waals surface area (Å²) in [6.45, 7) is 10.9.